The molecule has 1 aliphatic rings. The van der Waals surface area contributed by atoms with Gasteiger partial charge in [0.25, 0.3) is 0 Å². The number of hydrogen-bond donors (Lipinski definition) is 1. The number of amidine groups is 2. The Bertz CT molecular complexity index is 937. The van der Waals surface area contributed by atoms with Gasteiger partial charge in [0, 0.05) is 29.1 Å². The van der Waals surface area contributed by atoms with Crippen molar-refractivity contribution in [2.75, 3.05) is 0 Å². The second kappa shape index (κ2) is 12.2. The predicted molar refractivity (Wildman–Crippen MR) is 128 cm³/mol. The third-order valence-electron chi connectivity index (χ3n) is 4.73. The topological polar surface area (TPSA) is 49.6 Å². The zero-order valence-electron chi connectivity index (χ0n) is 18.0. The van der Waals surface area contributed by atoms with Gasteiger partial charge < -0.3 is 5.32 Å². The standard InChI is InChI=1S/C26H30N4/c1-6-10-13-21(11-7-2)24-28-25(22(12-8-3)15-14-20(5)9-4)30-26(29-24)23-16-18-27-19-17-23/h1,7-8,10-13,15-20,26H,2,9,14H2,3-5H3,(H,28,29,30)/b12-8-,13-10-,21-11+,22-15+. The summed E-state index contributed by atoms with van der Waals surface area (Å²) in [6.45, 7) is 10.3. The first-order valence-corrected chi connectivity index (χ1v) is 10.2. The maximum Gasteiger partial charge on any atom is 0.169 e. The van der Waals surface area contributed by atoms with Crippen LogP contribution in [0.25, 0.3) is 0 Å². The molecule has 0 fully saturated rings. The van der Waals surface area contributed by atoms with Gasteiger partial charge in [0.05, 0.1) is 0 Å². The maximum absolute atomic E-state index is 5.42. The Morgan fingerprint density at radius 3 is 2.53 bits per heavy atom. The van der Waals surface area contributed by atoms with Gasteiger partial charge in [-0.15, -0.1) is 6.42 Å². The second-order valence-corrected chi connectivity index (χ2v) is 7.00. The number of nitrogens with one attached hydrogen (secondary N) is 1. The molecule has 30 heavy (non-hydrogen) atoms. The molecule has 0 bridgehead atoms. The van der Waals surface area contributed by atoms with Crippen molar-refractivity contribution >= 4 is 11.7 Å². The summed E-state index contributed by atoms with van der Waals surface area (Å²) in [5.41, 5.74) is 2.86. The summed E-state index contributed by atoms with van der Waals surface area (Å²) >= 11 is 0. The Hall–Kier alpha value is -3.45. The van der Waals surface area contributed by atoms with Crippen molar-refractivity contribution in [3.8, 4) is 12.3 Å². The SMILES string of the molecule is C#C/C=C\C(=C/C=C)C1=NC(c2ccncc2)N=C(C(/C=C\C)=C/CC(C)CC)N1. The molecule has 0 saturated carbocycles. The van der Waals surface area contributed by atoms with Crippen LogP contribution in [0.2, 0.25) is 0 Å². The Morgan fingerprint density at radius 2 is 1.93 bits per heavy atom. The van der Waals surface area contributed by atoms with Gasteiger partial charge >= 0.3 is 0 Å². The first-order chi connectivity index (χ1) is 14.6. The van der Waals surface area contributed by atoms with Crippen LogP contribution in [0.1, 0.15) is 45.3 Å². The summed E-state index contributed by atoms with van der Waals surface area (Å²) in [5, 5.41) is 3.40. The first-order valence-electron chi connectivity index (χ1n) is 10.2. The summed E-state index contributed by atoms with van der Waals surface area (Å²) in [6, 6.07) is 3.87. The highest BCUT2D eigenvalue weighted by molar-refractivity contribution is 6.17. The number of aromatic nitrogens is 1. The molecule has 2 atom stereocenters. The van der Waals surface area contributed by atoms with E-state index in [-0.39, 0.29) is 6.17 Å². The number of aliphatic imine (C=N–C) groups is 2. The van der Waals surface area contributed by atoms with E-state index >= 15 is 0 Å². The predicted octanol–water partition coefficient (Wildman–Crippen LogP) is 5.72. The Labute approximate surface area is 180 Å². The highest BCUT2D eigenvalue weighted by Gasteiger charge is 2.21. The lowest BCUT2D eigenvalue weighted by atomic mass is 10.0. The molecule has 1 aromatic heterocycles. The molecule has 0 radical (unpaired) electrons. The number of pyridine rings is 1. The fourth-order valence-corrected chi connectivity index (χ4v) is 2.82. The minimum absolute atomic E-state index is 0.371. The number of allylic oxidation sites excluding steroid dienone is 5. The fourth-order valence-electron chi connectivity index (χ4n) is 2.82. The monoisotopic (exact) mass is 398 g/mol. The van der Waals surface area contributed by atoms with E-state index in [4.69, 9.17) is 16.4 Å². The van der Waals surface area contributed by atoms with Crippen molar-refractivity contribution in [2.45, 2.75) is 39.8 Å². The highest BCUT2D eigenvalue weighted by atomic mass is 15.2. The number of nitrogens with zero attached hydrogens (tertiary/aromatic N) is 3. The summed E-state index contributed by atoms with van der Waals surface area (Å²) in [6.07, 6.45) is 24.1. The van der Waals surface area contributed by atoms with E-state index in [9.17, 15) is 0 Å². The molecule has 1 aromatic rings. The summed E-state index contributed by atoms with van der Waals surface area (Å²) in [5.74, 6) is 4.62. The third-order valence-corrected chi connectivity index (χ3v) is 4.73. The van der Waals surface area contributed by atoms with Crippen LogP contribution >= 0.6 is 0 Å². The van der Waals surface area contributed by atoms with Crippen molar-refractivity contribution in [3.63, 3.8) is 0 Å². The van der Waals surface area contributed by atoms with Crippen LogP contribution in [0.5, 0.6) is 0 Å². The van der Waals surface area contributed by atoms with Gasteiger partial charge in [0.15, 0.2) is 6.17 Å². The van der Waals surface area contributed by atoms with Gasteiger partial charge in [0.1, 0.15) is 11.7 Å². The molecule has 0 amide bonds. The Morgan fingerprint density at radius 1 is 1.23 bits per heavy atom. The van der Waals surface area contributed by atoms with Gasteiger partial charge in [-0.2, -0.15) is 0 Å². The molecule has 4 heteroatoms. The molecule has 0 aliphatic carbocycles. The van der Waals surface area contributed by atoms with E-state index < -0.39 is 0 Å². The van der Waals surface area contributed by atoms with Gasteiger partial charge in [-0.1, -0.05) is 63.1 Å². The van der Waals surface area contributed by atoms with Crippen molar-refractivity contribution in [1.29, 1.82) is 0 Å². The molecular weight excluding hydrogens is 368 g/mol. The lowest BCUT2D eigenvalue weighted by molar-refractivity contribution is 0.571. The molecule has 2 heterocycles. The smallest absolute Gasteiger partial charge is 0.169 e. The average Bonchev–Trinajstić information content (AvgIpc) is 2.79. The Kier molecular flexibility index (Phi) is 9.27. The van der Waals surface area contributed by atoms with Crippen LogP contribution in [-0.4, -0.2) is 16.7 Å². The highest BCUT2D eigenvalue weighted by Crippen LogP contribution is 2.24. The number of rotatable bonds is 9. The van der Waals surface area contributed by atoms with Crippen molar-refractivity contribution in [1.82, 2.24) is 10.3 Å². The van der Waals surface area contributed by atoms with Gasteiger partial charge in [-0.05, 0) is 43.5 Å². The molecule has 0 aromatic carbocycles. The molecule has 4 nitrogen and oxygen atoms in total. The van der Waals surface area contributed by atoms with E-state index in [0.29, 0.717) is 11.8 Å². The molecule has 1 aliphatic heterocycles. The van der Waals surface area contributed by atoms with E-state index in [1.54, 1.807) is 24.5 Å². The molecular formula is C26H30N4. The Balaban J connectivity index is 2.53. The molecule has 2 unspecified atom stereocenters. The van der Waals surface area contributed by atoms with E-state index in [1.165, 1.54) is 0 Å². The molecule has 1 N–H and O–H groups in total. The van der Waals surface area contributed by atoms with E-state index in [2.05, 4.69) is 48.8 Å². The summed E-state index contributed by atoms with van der Waals surface area (Å²) < 4.78 is 0. The van der Waals surface area contributed by atoms with E-state index in [0.717, 1.165) is 35.4 Å². The minimum atomic E-state index is -0.371. The number of terminal acetylenes is 1. The third kappa shape index (κ3) is 6.56. The van der Waals surface area contributed by atoms with Crippen LogP contribution < -0.4 is 5.32 Å². The van der Waals surface area contributed by atoms with Crippen LogP contribution in [0, 0.1) is 18.3 Å². The maximum atomic E-state index is 5.42. The zero-order chi connectivity index (χ0) is 21.8. The zero-order valence-corrected chi connectivity index (χ0v) is 18.0. The van der Waals surface area contributed by atoms with E-state index in [1.807, 2.05) is 37.3 Å². The summed E-state index contributed by atoms with van der Waals surface area (Å²) in [7, 11) is 0. The first kappa shape index (κ1) is 22.8. The van der Waals surface area contributed by atoms with Crippen LogP contribution in [-0.2, 0) is 0 Å². The van der Waals surface area contributed by atoms with Crippen LogP contribution in [0.15, 0.2) is 94.8 Å². The molecule has 0 saturated heterocycles. The van der Waals surface area contributed by atoms with Crippen molar-refractivity contribution < 1.29 is 0 Å². The average molecular weight is 399 g/mol. The van der Waals surface area contributed by atoms with Gasteiger partial charge in [0.2, 0.25) is 0 Å². The fraction of sp³-hybridized carbons (Fsp3) is 0.269. The lowest BCUT2D eigenvalue weighted by Gasteiger charge is -2.23. The molecule has 154 valence electrons. The number of hydrogen-bond acceptors (Lipinski definition) is 4. The van der Waals surface area contributed by atoms with Gasteiger partial charge in [-0.25, -0.2) is 9.98 Å². The largest absolute Gasteiger partial charge is 0.324 e. The van der Waals surface area contributed by atoms with Crippen molar-refractivity contribution in [2.24, 2.45) is 15.9 Å². The van der Waals surface area contributed by atoms with Crippen molar-refractivity contribution in [3.05, 3.63) is 90.3 Å². The minimum Gasteiger partial charge on any atom is -0.324 e. The molecule has 2 rings (SSSR count). The lowest BCUT2D eigenvalue weighted by Crippen LogP contribution is -2.36. The second-order valence-electron chi connectivity index (χ2n) is 7.00. The summed E-state index contributed by atoms with van der Waals surface area (Å²) in [4.78, 5) is 13.8. The normalized spacial score (nSPS) is 18.5. The quantitative estimate of drug-likeness (QED) is 0.427. The molecule has 0 spiro atoms. The van der Waals surface area contributed by atoms with Crippen LogP contribution in [0.4, 0.5) is 0 Å². The van der Waals surface area contributed by atoms with Gasteiger partial charge in [-0.3, -0.25) is 4.98 Å². The van der Waals surface area contributed by atoms with Crippen LogP contribution in [0.3, 0.4) is 0 Å².